The van der Waals surface area contributed by atoms with Crippen molar-refractivity contribution in [3.63, 3.8) is 0 Å². The van der Waals surface area contributed by atoms with Crippen molar-refractivity contribution < 1.29 is 9.90 Å². The van der Waals surface area contributed by atoms with Crippen LogP contribution in [0.3, 0.4) is 0 Å². The van der Waals surface area contributed by atoms with E-state index >= 15 is 0 Å². The molecule has 0 aromatic heterocycles. The van der Waals surface area contributed by atoms with Gasteiger partial charge in [0.2, 0.25) is 0 Å². The largest absolute Gasteiger partial charge is 0.394 e. The number of amides is 1. The van der Waals surface area contributed by atoms with E-state index in [9.17, 15) is 9.90 Å². The van der Waals surface area contributed by atoms with Gasteiger partial charge in [-0.3, -0.25) is 4.79 Å². The van der Waals surface area contributed by atoms with Gasteiger partial charge in [0, 0.05) is 12.2 Å². The molecule has 0 aliphatic carbocycles. The Hall–Kier alpha value is -1.55. The van der Waals surface area contributed by atoms with E-state index in [-0.39, 0.29) is 12.5 Å². The van der Waals surface area contributed by atoms with Crippen LogP contribution in [0.2, 0.25) is 0 Å². The fraction of sp³-hybridized carbons (Fsp3) is 0.533. The molecule has 0 aliphatic heterocycles. The number of aliphatic hydroxyl groups is 1. The molecule has 0 aliphatic rings. The molecule has 0 heterocycles. The molecule has 1 aromatic carbocycles. The maximum atomic E-state index is 12.3. The smallest absolute Gasteiger partial charge is 0.253 e. The number of anilines is 1. The lowest BCUT2D eigenvalue weighted by Gasteiger charge is -2.27. The second-order valence-corrected chi connectivity index (χ2v) is 5.00. The molecular weight excluding hydrogens is 240 g/mol. The van der Waals surface area contributed by atoms with Crippen LogP contribution in [0.5, 0.6) is 0 Å². The van der Waals surface area contributed by atoms with E-state index < -0.39 is 5.54 Å². The minimum absolute atomic E-state index is 0.0696. The number of nitrogens with one attached hydrogen (secondary N) is 2. The number of carbonyl (C=O) groups is 1. The molecule has 0 bridgehead atoms. The number of hydrogen-bond acceptors (Lipinski definition) is 3. The first-order valence-electron chi connectivity index (χ1n) is 6.82. The number of hydrogen-bond donors (Lipinski definition) is 3. The number of benzene rings is 1. The van der Waals surface area contributed by atoms with Gasteiger partial charge in [-0.25, -0.2) is 0 Å². The highest BCUT2D eigenvalue weighted by atomic mass is 16.3. The van der Waals surface area contributed by atoms with Gasteiger partial charge in [-0.05, 0) is 31.9 Å². The normalized spacial score (nSPS) is 13.7. The van der Waals surface area contributed by atoms with E-state index in [4.69, 9.17) is 0 Å². The Balaban J connectivity index is 2.87. The highest BCUT2D eigenvalue weighted by Gasteiger charge is 2.24. The fourth-order valence-electron chi connectivity index (χ4n) is 1.68. The summed E-state index contributed by atoms with van der Waals surface area (Å²) in [6.45, 7) is 6.62. The molecule has 0 saturated carbocycles. The quantitative estimate of drug-likeness (QED) is 0.708. The van der Waals surface area contributed by atoms with Gasteiger partial charge in [-0.15, -0.1) is 0 Å². The van der Waals surface area contributed by atoms with Gasteiger partial charge in [0.05, 0.1) is 17.7 Å². The van der Waals surface area contributed by atoms with E-state index in [0.717, 1.165) is 18.7 Å². The summed E-state index contributed by atoms with van der Waals surface area (Å²) in [5.41, 5.74) is 0.872. The zero-order chi connectivity index (χ0) is 14.3. The van der Waals surface area contributed by atoms with Gasteiger partial charge in [0.15, 0.2) is 0 Å². The van der Waals surface area contributed by atoms with E-state index in [1.807, 2.05) is 32.0 Å². The average Bonchev–Trinajstić information content (AvgIpc) is 2.45. The number of aliphatic hydroxyl groups excluding tert-OH is 1. The summed E-state index contributed by atoms with van der Waals surface area (Å²) < 4.78 is 0. The highest BCUT2D eigenvalue weighted by Crippen LogP contribution is 2.17. The molecular formula is C15H24N2O2. The number of para-hydroxylation sites is 1. The zero-order valence-electron chi connectivity index (χ0n) is 12.0. The van der Waals surface area contributed by atoms with Gasteiger partial charge in [-0.1, -0.05) is 26.0 Å². The molecule has 4 heteroatoms. The third kappa shape index (κ3) is 4.24. The second kappa shape index (κ2) is 7.14. The van der Waals surface area contributed by atoms with Gasteiger partial charge in [-0.2, -0.15) is 0 Å². The van der Waals surface area contributed by atoms with Gasteiger partial charge in [0.1, 0.15) is 0 Å². The molecule has 0 spiro atoms. The third-order valence-electron chi connectivity index (χ3n) is 3.28. The van der Waals surface area contributed by atoms with E-state index in [0.29, 0.717) is 12.0 Å². The number of carbonyl (C=O) groups excluding carboxylic acids is 1. The molecule has 0 radical (unpaired) electrons. The molecule has 0 fully saturated rings. The summed E-state index contributed by atoms with van der Waals surface area (Å²) in [6.07, 6.45) is 1.68. The molecule has 3 N–H and O–H groups in total. The van der Waals surface area contributed by atoms with Crippen molar-refractivity contribution >= 4 is 11.6 Å². The van der Waals surface area contributed by atoms with Crippen molar-refractivity contribution in [1.82, 2.24) is 5.32 Å². The summed E-state index contributed by atoms with van der Waals surface area (Å²) >= 11 is 0. The van der Waals surface area contributed by atoms with Crippen LogP contribution in [0.25, 0.3) is 0 Å². The summed E-state index contributed by atoms with van der Waals surface area (Å²) in [5.74, 6) is -0.155. The monoisotopic (exact) mass is 264 g/mol. The van der Waals surface area contributed by atoms with Crippen LogP contribution in [-0.2, 0) is 0 Å². The predicted molar refractivity (Wildman–Crippen MR) is 78.5 cm³/mol. The molecule has 106 valence electrons. The molecule has 0 saturated heterocycles. The van der Waals surface area contributed by atoms with E-state index in [1.54, 1.807) is 6.07 Å². The van der Waals surface area contributed by atoms with Crippen LogP contribution in [0, 0.1) is 0 Å². The van der Waals surface area contributed by atoms with Crippen molar-refractivity contribution in [2.24, 2.45) is 0 Å². The zero-order valence-corrected chi connectivity index (χ0v) is 12.0. The van der Waals surface area contributed by atoms with Crippen molar-refractivity contribution in [2.45, 2.75) is 39.2 Å². The maximum absolute atomic E-state index is 12.3. The Morgan fingerprint density at radius 2 is 2.00 bits per heavy atom. The Morgan fingerprint density at radius 3 is 2.58 bits per heavy atom. The van der Waals surface area contributed by atoms with Crippen LogP contribution >= 0.6 is 0 Å². The predicted octanol–water partition coefficient (Wildman–Crippen LogP) is 2.40. The molecule has 1 amide bonds. The SMILES string of the molecule is CCCNc1ccccc1C(=O)NC(C)(CC)CO. The van der Waals surface area contributed by atoms with Crippen LogP contribution in [0.1, 0.15) is 44.0 Å². The van der Waals surface area contributed by atoms with Gasteiger partial charge in [0.25, 0.3) is 5.91 Å². The van der Waals surface area contributed by atoms with Crippen LogP contribution < -0.4 is 10.6 Å². The summed E-state index contributed by atoms with van der Waals surface area (Å²) in [7, 11) is 0. The number of rotatable bonds is 7. The lowest BCUT2D eigenvalue weighted by atomic mass is 9.99. The van der Waals surface area contributed by atoms with Crippen LogP contribution in [0.15, 0.2) is 24.3 Å². The lowest BCUT2D eigenvalue weighted by Crippen LogP contribution is -2.48. The van der Waals surface area contributed by atoms with Crippen molar-refractivity contribution in [3.8, 4) is 0 Å². The van der Waals surface area contributed by atoms with Gasteiger partial charge < -0.3 is 15.7 Å². The van der Waals surface area contributed by atoms with Crippen LogP contribution in [-0.4, -0.2) is 29.7 Å². The maximum Gasteiger partial charge on any atom is 0.253 e. The first-order chi connectivity index (χ1) is 9.06. The molecule has 19 heavy (non-hydrogen) atoms. The van der Waals surface area contributed by atoms with Gasteiger partial charge >= 0.3 is 0 Å². The van der Waals surface area contributed by atoms with Crippen molar-refractivity contribution in [2.75, 3.05) is 18.5 Å². The Labute approximate surface area is 115 Å². The molecule has 1 aromatic rings. The molecule has 1 unspecified atom stereocenters. The second-order valence-electron chi connectivity index (χ2n) is 5.00. The third-order valence-corrected chi connectivity index (χ3v) is 3.28. The minimum Gasteiger partial charge on any atom is -0.394 e. The summed E-state index contributed by atoms with van der Waals surface area (Å²) in [4.78, 5) is 12.3. The standard InChI is InChI=1S/C15H24N2O2/c1-4-10-16-13-9-7-6-8-12(13)14(19)17-15(3,5-2)11-18/h6-9,16,18H,4-5,10-11H2,1-3H3,(H,17,19). The fourth-order valence-corrected chi connectivity index (χ4v) is 1.68. The molecule has 4 nitrogen and oxygen atoms in total. The topological polar surface area (TPSA) is 61.4 Å². The van der Waals surface area contributed by atoms with Crippen molar-refractivity contribution in [1.29, 1.82) is 0 Å². The Kier molecular flexibility index (Phi) is 5.83. The molecule has 1 rings (SSSR count). The first kappa shape index (κ1) is 15.5. The lowest BCUT2D eigenvalue weighted by molar-refractivity contribution is 0.0848. The minimum atomic E-state index is -0.574. The highest BCUT2D eigenvalue weighted by molar-refractivity contribution is 6.00. The van der Waals surface area contributed by atoms with E-state index in [1.165, 1.54) is 0 Å². The molecule has 1 atom stereocenters. The van der Waals surface area contributed by atoms with Crippen molar-refractivity contribution in [3.05, 3.63) is 29.8 Å². The Bertz CT molecular complexity index is 414. The Morgan fingerprint density at radius 1 is 1.32 bits per heavy atom. The van der Waals surface area contributed by atoms with Crippen LogP contribution in [0.4, 0.5) is 5.69 Å². The van der Waals surface area contributed by atoms with E-state index in [2.05, 4.69) is 17.6 Å². The average molecular weight is 264 g/mol. The summed E-state index contributed by atoms with van der Waals surface area (Å²) in [6, 6.07) is 7.43. The first-order valence-corrected chi connectivity index (χ1v) is 6.82. The summed E-state index contributed by atoms with van der Waals surface area (Å²) in [5, 5.41) is 15.5.